The SMILES string of the molecule is CCOC(=O)c1ccc(N2C(=O)C(O)=C(C(=O)c3cc4cc(Br)ccc4o3)C2c2ccc(O)cc2)cc1. The number of carbonyl (C=O) groups is 3. The summed E-state index contributed by atoms with van der Waals surface area (Å²) in [7, 11) is 0. The predicted octanol–water partition coefficient (Wildman–Crippen LogP) is 5.86. The Labute approximate surface area is 219 Å². The van der Waals surface area contributed by atoms with Crippen LogP contribution in [0.5, 0.6) is 5.75 Å². The van der Waals surface area contributed by atoms with E-state index in [0.29, 0.717) is 27.8 Å². The van der Waals surface area contributed by atoms with Crippen molar-refractivity contribution in [1.29, 1.82) is 0 Å². The number of carbonyl (C=O) groups excluding carboxylic acids is 3. The summed E-state index contributed by atoms with van der Waals surface area (Å²) in [6.07, 6.45) is 0. The van der Waals surface area contributed by atoms with E-state index in [2.05, 4.69) is 15.9 Å². The first-order valence-electron chi connectivity index (χ1n) is 11.3. The zero-order valence-electron chi connectivity index (χ0n) is 19.5. The van der Waals surface area contributed by atoms with Crippen molar-refractivity contribution in [3.63, 3.8) is 0 Å². The molecule has 1 aromatic heterocycles. The molecule has 0 aliphatic carbocycles. The minimum atomic E-state index is -1.02. The summed E-state index contributed by atoms with van der Waals surface area (Å²) in [5, 5.41) is 21.4. The van der Waals surface area contributed by atoms with Crippen molar-refractivity contribution in [3.05, 3.63) is 105 Å². The summed E-state index contributed by atoms with van der Waals surface area (Å²) >= 11 is 3.39. The number of anilines is 1. The zero-order chi connectivity index (χ0) is 26.3. The number of ether oxygens (including phenoxy) is 1. The third-order valence-electron chi connectivity index (χ3n) is 6.02. The number of aliphatic hydroxyl groups excluding tert-OH is 1. The van der Waals surface area contributed by atoms with Crippen LogP contribution in [-0.4, -0.2) is 34.5 Å². The highest BCUT2D eigenvalue weighted by molar-refractivity contribution is 9.10. The zero-order valence-corrected chi connectivity index (χ0v) is 21.1. The van der Waals surface area contributed by atoms with Crippen molar-refractivity contribution in [2.45, 2.75) is 13.0 Å². The standard InChI is InChI=1S/C28H20BrNO7/c1-2-36-28(35)16-3-8-19(9-4-16)30-24(15-5-10-20(31)11-6-15)23(26(33)27(30)34)25(32)22-14-17-13-18(29)7-12-21(17)37-22/h3-14,24,31,33H,2H2,1H3. The first-order valence-corrected chi connectivity index (χ1v) is 12.1. The number of furan rings is 1. The minimum Gasteiger partial charge on any atom is -0.508 e. The molecule has 1 aliphatic rings. The second kappa shape index (κ2) is 9.59. The summed E-state index contributed by atoms with van der Waals surface area (Å²) in [4.78, 5) is 40.4. The molecule has 0 spiro atoms. The second-order valence-corrected chi connectivity index (χ2v) is 9.24. The number of rotatable bonds is 6. The number of benzene rings is 3. The van der Waals surface area contributed by atoms with E-state index < -0.39 is 29.5 Å². The van der Waals surface area contributed by atoms with Crippen LogP contribution >= 0.6 is 15.9 Å². The van der Waals surface area contributed by atoms with Gasteiger partial charge in [-0.1, -0.05) is 28.1 Å². The Hall–Kier alpha value is -4.37. The van der Waals surface area contributed by atoms with Gasteiger partial charge in [0.25, 0.3) is 5.91 Å². The van der Waals surface area contributed by atoms with Gasteiger partial charge in [0.2, 0.25) is 5.78 Å². The van der Waals surface area contributed by atoms with Gasteiger partial charge in [-0.3, -0.25) is 14.5 Å². The van der Waals surface area contributed by atoms with Crippen LogP contribution in [0.25, 0.3) is 11.0 Å². The molecule has 1 atom stereocenters. The number of hydrogen-bond acceptors (Lipinski definition) is 7. The first kappa shape index (κ1) is 24.3. The maximum atomic E-state index is 13.7. The van der Waals surface area contributed by atoms with Gasteiger partial charge in [0, 0.05) is 15.5 Å². The van der Waals surface area contributed by atoms with Gasteiger partial charge < -0.3 is 19.4 Å². The highest BCUT2D eigenvalue weighted by Gasteiger charge is 2.45. The molecule has 0 saturated carbocycles. The van der Waals surface area contributed by atoms with Gasteiger partial charge in [0.1, 0.15) is 11.3 Å². The van der Waals surface area contributed by atoms with Crippen LogP contribution in [0.15, 0.2) is 93.0 Å². The molecule has 1 aliphatic heterocycles. The number of Topliss-reactive ketones (excluding diaryl/α,β-unsaturated/α-hetero) is 1. The van der Waals surface area contributed by atoms with Crippen molar-refractivity contribution >= 4 is 50.2 Å². The molecule has 3 aromatic carbocycles. The van der Waals surface area contributed by atoms with E-state index in [0.717, 1.165) is 4.47 Å². The fraction of sp³-hybridized carbons (Fsp3) is 0.107. The topological polar surface area (TPSA) is 117 Å². The number of esters is 1. The largest absolute Gasteiger partial charge is 0.508 e. The van der Waals surface area contributed by atoms with Crippen LogP contribution in [0.2, 0.25) is 0 Å². The lowest BCUT2D eigenvalue weighted by Gasteiger charge is -2.27. The van der Waals surface area contributed by atoms with Gasteiger partial charge in [0.15, 0.2) is 11.5 Å². The minimum absolute atomic E-state index is 0.00218. The van der Waals surface area contributed by atoms with E-state index in [4.69, 9.17) is 9.15 Å². The van der Waals surface area contributed by atoms with E-state index in [9.17, 15) is 24.6 Å². The number of aliphatic hydroxyl groups is 1. The summed E-state index contributed by atoms with van der Waals surface area (Å²) in [5.41, 5.74) is 1.43. The molecule has 0 radical (unpaired) electrons. The molecule has 8 nitrogen and oxygen atoms in total. The van der Waals surface area contributed by atoms with Crippen LogP contribution in [-0.2, 0) is 9.53 Å². The number of nitrogens with zero attached hydrogens (tertiary/aromatic N) is 1. The summed E-state index contributed by atoms with van der Waals surface area (Å²) < 4.78 is 11.6. The molecule has 4 aromatic rings. The highest BCUT2D eigenvalue weighted by atomic mass is 79.9. The first-order chi connectivity index (χ1) is 17.8. The molecule has 1 amide bonds. The van der Waals surface area contributed by atoms with Crippen molar-refractivity contribution in [2.24, 2.45) is 0 Å². The molecule has 0 saturated heterocycles. The van der Waals surface area contributed by atoms with E-state index in [1.54, 1.807) is 43.3 Å². The van der Waals surface area contributed by atoms with E-state index in [-0.39, 0.29) is 23.7 Å². The number of halogens is 1. The fourth-order valence-corrected chi connectivity index (χ4v) is 4.69. The normalized spacial score (nSPS) is 15.5. The number of amides is 1. The quantitative estimate of drug-likeness (QED) is 0.223. The summed E-state index contributed by atoms with van der Waals surface area (Å²) in [6, 6.07) is 17.9. The molecule has 0 bridgehead atoms. The highest BCUT2D eigenvalue weighted by Crippen LogP contribution is 2.42. The average molecular weight is 562 g/mol. The lowest BCUT2D eigenvalue weighted by atomic mass is 9.94. The Morgan fingerprint density at radius 1 is 1.00 bits per heavy atom. The summed E-state index contributed by atoms with van der Waals surface area (Å²) in [6.45, 7) is 1.92. The molecule has 2 N–H and O–H groups in total. The van der Waals surface area contributed by atoms with Gasteiger partial charge in [0.05, 0.1) is 23.8 Å². The number of fused-ring (bicyclic) bond motifs is 1. The van der Waals surface area contributed by atoms with Gasteiger partial charge in [-0.05, 0) is 73.2 Å². The van der Waals surface area contributed by atoms with E-state index in [1.165, 1.54) is 41.3 Å². The smallest absolute Gasteiger partial charge is 0.338 e. The molecule has 37 heavy (non-hydrogen) atoms. The van der Waals surface area contributed by atoms with Crippen LogP contribution in [0, 0.1) is 0 Å². The van der Waals surface area contributed by atoms with E-state index in [1.807, 2.05) is 0 Å². The molecule has 5 rings (SSSR count). The molecule has 9 heteroatoms. The Bertz CT molecular complexity index is 1570. The number of phenolic OH excluding ortho intramolecular Hbond substituents is 1. The average Bonchev–Trinajstić information content (AvgIpc) is 3.43. The predicted molar refractivity (Wildman–Crippen MR) is 139 cm³/mol. The second-order valence-electron chi connectivity index (χ2n) is 8.32. The molecule has 1 unspecified atom stereocenters. The van der Waals surface area contributed by atoms with Crippen molar-refractivity contribution in [3.8, 4) is 5.75 Å². The van der Waals surface area contributed by atoms with Crippen LogP contribution in [0.3, 0.4) is 0 Å². The van der Waals surface area contributed by atoms with Gasteiger partial charge in [-0.25, -0.2) is 4.79 Å². The lowest BCUT2D eigenvalue weighted by Crippen LogP contribution is -2.31. The summed E-state index contributed by atoms with van der Waals surface area (Å²) in [5.74, 6) is -2.69. The molecule has 0 fully saturated rings. The maximum absolute atomic E-state index is 13.7. The van der Waals surface area contributed by atoms with Crippen molar-refractivity contribution in [2.75, 3.05) is 11.5 Å². The third kappa shape index (κ3) is 4.38. The Kier molecular flexibility index (Phi) is 6.31. The Morgan fingerprint density at radius 2 is 1.70 bits per heavy atom. The van der Waals surface area contributed by atoms with Gasteiger partial charge in [-0.2, -0.15) is 0 Å². The van der Waals surface area contributed by atoms with Crippen LogP contribution in [0.1, 0.15) is 39.4 Å². The van der Waals surface area contributed by atoms with Crippen LogP contribution < -0.4 is 4.90 Å². The van der Waals surface area contributed by atoms with Crippen molar-refractivity contribution in [1.82, 2.24) is 0 Å². The Morgan fingerprint density at radius 3 is 2.38 bits per heavy atom. The third-order valence-corrected chi connectivity index (χ3v) is 6.51. The molecule has 2 heterocycles. The number of hydrogen-bond donors (Lipinski definition) is 2. The van der Waals surface area contributed by atoms with E-state index >= 15 is 0 Å². The molecular formula is C28H20BrNO7. The van der Waals surface area contributed by atoms with Gasteiger partial charge >= 0.3 is 5.97 Å². The molecular weight excluding hydrogens is 542 g/mol. The lowest BCUT2D eigenvalue weighted by molar-refractivity contribution is -0.117. The number of aromatic hydroxyl groups is 1. The number of ketones is 1. The van der Waals surface area contributed by atoms with Gasteiger partial charge in [-0.15, -0.1) is 0 Å². The molecule has 186 valence electrons. The van der Waals surface area contributed by atoms with Crippen LogP contribution in [0.4, 0.5) is 5.69 Å². The van der Waals surface area contributed by atoms with Crippen molar-refractivity contribution < 1.29 is 33.8 Å². The monoisotopic (exact) mass is 561 g/mol. The fourth-order valence-electron chi connectivity index (χ4n) is 4.31. The maximum Gasteiger partial charge on any atom is 0.338 e. The Balaban J connectivity index is 1.59. The number of phenols is 1.